The van der Waals surface area contributed by atoms with Crippen LogP contribution >= 0.6 is 15.9 Å². The van der Waals surface area contributed by atoms with Crippen molar-refractivity contribution in [3.8, 4) is 90.8 Å². The predicted octanol–water partition coefficient (Wildman–Crippen LogP) is 17.7. The molecule has 0 spiro atoms. The smallest absolute Gasteiger partial charge is 0.423 e. The van der Waals surface area contributed by atoms with E-state index in [1.54, 1.807) is 6.07 Å². The molecule has 16 rings (SSSR count). The number of fused-ring (bicyclic) bond motifs is 6. The maximum Gasteiger partial charge on any atom is 0.488 e. The van der Waals surface area contributed by atoms with Gasteiger partial charge in [-0.15, -0.1) is 0 Å². The normalized spacial score (nSPS) is 11.1. The highest BCUT2D eigenvalue weighted by Gasteiger charge is 2.19. The Labute approximate surface area is 528 Å². The Kier molecular flexibility index (Phi) is 16.1. The first-order valence-electron chi connectivity index (χ1n) is 29.5. The van der Waals surface area contributed by atoms with Gasteiger partial charge in [0.15, 0.2) is 34.9 Å². The number of rotatable bonds is 10. The van der Waals surface area contributed by atoms with Gasteiger partial charge in [-0.1, -0.05) is 259 Å². The number of aromatic nitrogens is 8. The van der Waals surface area contributed by atoms with Gasteiger partial charge in [-0.05, 0) is 89.4 Å². The molecule has 0 fully saturated rings. The van der Waals surface area contributed by atoms with Crippen molar-refractivity contribution in [2.45, 2.75) is 0 Å². The lowest BCUT2D eigenvalue weighted by atomic mass is 9.80. The fraction of sp³-hybridized carbons (Fsp3) is 0. The van der Waals surface area contributed by atoms with E-state index in [0.717, 1.165) is 82.2 Å². The van der Waals surface area contributed by atoms with Crippen molar-refractivity contribution in [2.24, 2.45) is 0 Å². The SMILES string of the molecule is Brc1cccc(-c2nc(-c3ccccc3)nc(-c3ccccc3)n2)c1.OB(O)c1ccc2c(c1)c1ccccc1n2-c1ccccc1.c1ccc(-c2nc(-c3ccccc3)nc(-c3cccc(-c4ccc5c(c4)c4ccccc4n5-c4ccccc4)c3)n2)cc1. The molecule has 4 aromatic heterocycles. The van der Waals surface area contributed by atoms with Crippen LogP contribution in [0.1, 0.15) is 0 Å². The van der Waals surface area contributed by atoms with E-state index in [4.69, 9.17) is 24.9 Å². The van der Waals surface area contributed by atoms with Crippen molar-refractivity contribution in [3.63, 3.8) is 0 Å². The molecule has 0 saturated heterocycles. The molecule has 428 valence electrons. The molecule has 90 heavy (non-hydrogen) atoms. The van der Waals surface area contributed by atoms with Crippen molar-refractivity contribution in [1.29, 1.82) is 0 Å². The summed E-state index contributed by atoms with van der Waals surface area (Å²) in [6, 6.07) is 106. The lowest BCUT2D eigenvalue weighted by molar-refractivity contribution is 0.426. The molecule has 0 unspecified atom stereocenters. The summed E-state index contributed by atoms with van der Waals surface area (Å²) in [5.74, 6) is 3.97. The van der Waals surface area contributed by atoms with Crippen LogP contribution in [0.25, 0.3) is 134 Å². The molecule has 0 atom stereocenters. The first-order valence-corrected chi connectivity index (χ1v) is 30.3. The minimum atomic E-state index is -1.46. The average Bonchev–Trinajstić information content (AvgIpc) is 1.79. The van der Waals surface area contributed by atoms with Crippen molar-refractivity contribution < 1.29 is 10.0 Å². The summed E-state index contributed by atoms with van der Waals surface area (Å²) in [4.78, 5) is 28.8. The molecule has 16 aromatic rings. The van der Waals surface area contributed by atoms with Crippen LogP contribution in [0.15, 0.2) is 320 Å². The Morgan fingerprint density at radius 1 is 0.244 bits per heavy atom. The molecule has 4 heterocycles. The Morgan fingerprint density at radius 2 is 0.556 bits per heavy atom. The highest BCUT2D eigenvalue weighted by molar-refractivity contribution is 9.10. The van der Waals surface area contributed by atoms with Gasteiger partial charge in [0.1, 0.15) is 0 Å². The van der Waals surface area contributed by atoms with Crippen molar-refractivity contribution in [1.82, 2.24) is 39.0 Å². The summed E-state index contributed by atoms with van der Waals surface area (Å²) in [6.45, 7) is 0. The van der Waals surface area contributed by atoms with E-state index in [1.165, 1.54) is 21.8 Å². The molecule has 0 aliphatic heterocycles. The zero-order valence-corrected chi connectivity index (χ0v) is 50.0. The molecule has 0 saturated carbocycles. The van der Waals surface area contributed by atoms with Crippen LogP contribution in [0.4, 0.5) is 0 Å². The quantitative estimate of drug-likeness (QED) is 0.130. The van der Waals surface area contributed by atoms with E-state index in [-0.39, 0.29) is 0 Å². The number of halogens is 1. The fourth-order valence-electron chi connectivity index (χ4n) is 11.4. The van der Waals surface area contributed by atoms with E-state index in [0.29, 0.717) is 40.4 Å². The second-order valence-electron chi connectivity index (χ2n) is 21.4. The molecule has 12 heteroatoms. The van der Waals surface area contributed by atoms with Crippen LogP contribution in [0, 0.1) is 0 Å². The molecule has 2 N–H and O–H groups in total. The second kappa shape index (κ2) is 25.6. The summed E-state index contributed by atoms with van der Waals surface area (Å²) in [5.41, 5.74) is 15.3. The predicted molar refractivity (Wildman–Crippen MR) is 370 cm³/mol. The van der Waals surface area contributed by atoms with E-state index < -0.39 is 7.12 Å². The Balaban J connectivity index is 0.000000128. The zero-order valence-electron chi connectivity index (χ0n) is 48.4. The van der Waals surface area contributed by atoms with Gasteiger partial charge in [0.2, 0.25) is 0 Å². The molecule has 0 amide bonds. The zero-order chi connectivity index (χ0) is 60.8. The van der Waals surface area contributed by atoms with Crippen molar-refractivity contribution in [2.75, 3.05) is 0 Å². The van der Waals surface area contributed by atoms with Gasteiger partial charge in [0.25, 0.3) is 0 Å². The number of hydrogen-bond acceptors (Lipinski definition) is 8. The molecule has 0 aliphatic rings. The van der Waals surface area contributed by atoms with Crippen LogP contribution in [0.2, 0.25) is 0 Å². The summed E-state index contributed by atoms with van der Waals surface area (Å²) in [7, 11) is -1.46. The third kappa shape index (κ3) is 11.8. The van der Waals surface area contributed by atoms with Crippen LogP contribution < -0.4 is 5.46 Å². The van der Waals surface area contributed by atoms with E-state index in [2.05, 4.69) is 151 Å². The Morgan fingerprint density at radius 3 is 0.978 bits per heavy atom. The minimum Gasteiger partial charge on any atom is -0.423 e. The van der Waals surface area contributed by atoms with Gasteiger partial charge in [0, 0.05) is 70.8 Å². The van der Waals surface area contributed by atoms with Gasteiger partial charge in [-0.3, -0.25) is 0 Å². The first kappa shape index (κ1) is 56.5. The summed E-state index contributed by atoms with van der Waals surface area (Å²) >= 11 is 3.52. The lowest BCUT2D eigenvalue weighted by Gasteiger charge is -2.10. The molecular weight excluding hydrogens is 1170 g/mol. The number of benzene rings is 12. The van der Waals surface area contributed by atoms with Crippen LogP contribution in [-0.2, 0) is 0 Å². The standard InChI is InChI=1S/C39H26N4.C21H14BrN3.C18H14BNO2/c1-4-13-27(14-5-1)37-40-38(28-15-6-2-7-16-28)42-39(41-37)31-18-12-17-29(25-31)30-23-24-36-34(26-30)33-21-10-11-22-35(33)43(36)32-19-8-3-9-20-32;22-18-13-7-12-17(14-18)21-24-19(15-8-3-1-4-9-15)23-20(25-21)16-10-5-2-6-11-16;21-19(22)13-10-11-18-16(12-13)15-8-4-5-9-17(15)20(18)14-6-2-1-3-7-14/h1-26H;1-14H;1-12,21-22H. The van der Waals surface area contributed by atoms with Crippen LogP contribution in [0.5, 0.6) is 0 Å². The maximum atomic E-state index is 9.43. The molecule has 0 radical (unpaired) electrons. The van der Waals surface area contributed by atoms with Gasteiger partial charge in [-0.25, -0.2) is 29.9 Å². The van der Waals surface area contributed by atoms with Gasteiger partial charge >= 0.3 is 7.12 Å². The molecule has 0 bridgehead atoms. The number of para-hydroxylation sites is 4. The van der Waals surface area contributed by atoms with E-state index in [9.17, 15) is 10.0 Å². The van der Waals surface area contributed by atoms with E-state index >= 15 is 0 Å². The van der Waals surface area contributed by atoms with E-state index in [1.807, 2.05) is 188 Å². The third-order valence-electron chi connectivity index (χ3n) is 15.6. The largest absolute Gasteiger partial charge is 0.488 e. The maximum absolute atomic E-state index is 9.43. The molecule has 0 aliphatic carbocycles. The molecular formula is C78H54BBrN8O2. The Hall–Kier alpha value is -11.3. The van der Waals surface area contributed by atoms with Crippen molar-refractivity contribution >= 4 is 72.1 Å². The average molecular weight is 1230 g/mol. The van der Waals surface area contributed by atoms with Gasteiger partial charge in [-0.2, -0.15) is 0 Å². The van der Waals surface area contributed by atoms with Gasteiger partial charge < -0.3 is 19.2 Å². The molecule has 10 nitrogen and oxygen atoms in total. The Bertz CT molecular complexity index is 5060. The highest BCUT2D eigenvalue weighted by Crippen LogP contribution is 2.37. The first-order chi connectivity index (χ1) is 44.4. The summed E-state index contributed by atoms with van der Waals surface area (Å²) in [5, 5.41) is 23.4. The topological polar surface area (TPSA) is 128 Å². The highest BCUT2D eigenvalue weighted by atomic mass is 79.9. The van der Waals surface area contributed by atoms with Crippen LogP contribution in [0.3, 0.4) is 0 Å². The summed E-state index contributed by atoms with van der Waals surface area (Å²) < 4.78 is 5.53. The summed E-state index contributed by atoms with van der Waals surface area (Å²) in [6.07, 6.45) is 0. The molecule has 12 aromatic carbocycles. The third-order valence-corrected chi connectivity index (χ3v) is 16.1. The second-order valence-corrected chi connectivity index (χ2v) is 22.3. The van der Waals surface area contributed by atoms with Gasteiger partial charge in [0.05, 0.1) is 22.1 Å². The van der Waals surface area contributed by atoms with Crippen molar-refractivity contribution in [3.05, 3.63) is 320 Å². The van der Waals surface area contributed by atoms with Crippen LogP contribution in [-0.4, -0.2) is 56.2 Å². The lowest BCUT2D eigenvalue weighted by Crippen LogP contribution is -2.29. The number of nitrogens with zero attached hydrogens (tertiary/aromatic N) is 8. The minimum absolute atomic E-state index is 0.503. The fourth-order valence-corrected chi connectivity index (χ4v) is 11.8. The monoisotopic (exact) mass is 1220 g/mol. The number of hydrogen-bond donors (Lipinski definition) is 2.